The van der Waals surface area contributed by atoms with Crippen LogP contribution in [0.15, 0.2) is 36.4 Å². The second-order valence-electron chi connectivity index (χ2n) is 8.42. The standard InChI is InChI=1S/C22H20F7N3O2/c1-2-32(15-5-3-14(23)4-6-15)19(33)34-18-16(22(27,28)29)7-13(21(24,25)26)8-17(18)31-11-20(12-31)9-30-10-20/h3-8,30H,2,9-12H2,1H3. The van der Waals surface area contributed by atoms with E-state index in [1.807, 2.05) is 0 Å². The molecule has 2 fully saturated rings. The Morgan fingerprint density at radius 3 is 2.15 bits per heavy atom. The summed E-state index contributed by atoms with van der Waals surface area (Å²) in [5.74, 6) is -1.58. The fourth-order valence-corrected chi connectivity index (χ4v) is 4.15. The summed E-state index contributed by atoms with van der Waals surface area (Å²) in [5.41, 5.74) is -3.72. The van der Waals surface area contributed by atoms with E-state index in [1.54, 1.807) is 0 Å². The van der Waals surface area contributed by atoms with E-state index in [0.717, 1.165) is 17.0 Å². The Labute approximate surface area is 190 Å². The molecule has 0 unspecified atom stereocenters. The number of carbonyl (C=O) groups excluding carboxylic acids is 1. The maximum absolute atomic E-state index is 13.9. The molecule has 2 aromatic carbocycles. The van der Waals surface area contributed by atoms with Crippen molar-refractivity contribution in [3.8, 4) is 5.75 Å². The zero-order valence-electron chi connectivity index (χ0n) is 17.9. The zero-order chi connectivity index (χ0) is 24.9. The Hall–Kier alpha value is -3.02. The summed E-state index contributed by atoms with van der Waals surface area (Å²) in [6, 6.07) is 5.11. The van der Waals surface area contributed by atoms with Gasteiger partial charge in [0.05, 0.1) is 11.3 Å². The highest BCUT2D eigenvalue weighted by atomic mass is 19.4. The van der Waals surface area contributed by atoms with E-state index in [0.29, 0.717) is 19.2 Å². The third kappa shape index (κ3) is 4.50. The summed E-state index contributed by atoms with van der Waals surface area (Å²) in [5, 5.41) is 3.03. The number of amides is 1. The molecule has 1 spiro atoms. The van der Waals surface area contributed by atoms with Crippen molar-refractivity contribution in [1.82, 2.24) is 5.32 Å². The average Bonchev–Trinajstić information content (AvgIpc) is 2.67. The van der Waals surface area contributed by atoms with Gasteiger partial charge >= 0.3 is 18.4 Å². The largest absolute Gasteiger partial charge is 0.420 e. The lowest BCUT2D eigenvalue weighted by Crippen LogP contribution is -2.71. The monoisotopic (exact) mass is 491 g/mol. The maximum atomic E-state index is 13.9. The first-order valence-corrected chi connectivity index (χ1v) is 10.4. The van der Waals surface area contributed by atoms with Crippen LogP contribution >= 0.6 is 0 Å². The van der Waals surface area contributed by atoms with Crippen molar-refractivity contribution < 1.29 is 40.3 Å². The molecule has 0 bridgehead atoms. The highest BCUT2D eigenvalue weighted by Crippen LogP contribution is 2.49. The molecule has 2 aliphatic heterocycles. The lowest BCUT2D eigenvalue weighted by molar-refractivity contribution is -0.143. The van der Waals surface area contributed by atoms with Gasteiger partial charge in [0.1, 0.15) is 11.4 Å². The van der Waals surface area contributed by atoms with Crippen molar-refractivity contribution in [1.29, 1.82) is 0 Å². The molecule has 1 amide bonds. The van der Waals surface area contributed by atoms with E-state index in [-0.39, 0.29) is 36.8 Å². The maximum Gasteiger partial charge on any atom is 0.420 e. The van der Waals surface area contributed by atoms with E-state index in [4.69, 9.17) is 4.74 Å². The second kappa shape index (κ2) is 8.33. The van der Waals surface area contributed by atoms with Crippen molar-refractivity contribution in [2.45, 2.75) is 19.3 Å². The van der Waals surface area contributed by atoms with Crippen LogP contribution in [0.2, 0.25) is 0 Å². The van der Waals surface area contributed by atoms with Crippen molar-refractivity contribution in [2.75, 3.05) is 42.5 Å². The number of carbonyl (C=O) groups is 1. The predicted molar refractivity (Wildman–Crippen MR) is 109 cm³/mol. The first-order valence-electron chi connectivity index (χ1n) is 10.4. The number of benzene rings is 2. The van der Waals surface area contributed by atoms with Crippen LogP contribution in [0.1, 0.15) is 18.1 Å². The van der Waals surface area contributed by atoms with Crippen LogP contribution in [0, 0.1) is 11.2 Å². The number of nitrogens with zero attached hydrogens (tertiary/aromatic N) is 2. The number of anilines is 2. The summed E-state index contributed by atoms with van der Waals surface area (Å²) in [6.07, 6.45) is -11.5. The lowest BCUT2D eigenvalue weighted by Gasteiger charge is -2.57. The minimum absolute atomic E-state index is 0.0414. The molecule has 5 nitrogen and oxygen atoms in total. The van der Waals surface area contributed by atoms with Crippen molar-refractivity contribution in [3.05, 3.63) is 53.3 Å². The molecule has 0 aliphatic carbocycles. The van der Waals surface area contributed by atoms with Gasteiger partial charge in [-0.15, -0.1) is 0 Å². The first kappa shape index (κ1) is 24.1. The molecule has 2 saturated heterocycles. The van der Waals surface area contributed by atoms with Gasteiger partial charge in [0.25, 0.3) is 0 Å². The van der Waals surface area contributed by atoms with Gasteiger partial charge in [-0.05, 0) is 43.3 Å². The van der Waals surface area contributed by atoms with Crippen LogP contribution in [0.5, 0.6) is 5.75 Å². The van der Waals surface area contributed by atoms with Crippen LogP contribution in [-0.2, 0) is 12.4 Å². The predicted octanol–water partition coefficient (Wildman–Crippen LogP) is 5.30. The van der Waals surface area contributed by atoms with Crippen LogP contribution in [0.3, 0.4) is 0 Å². The Morgan fingerprint density at radius 2 is 1.68 bits per heavy atom. The van der Waals surface area contributed by atoms with Gasteiger partial charge in [-0.2, -0.15) is 26.3 Å². The van der Waals surface area contributed by atoms with Gasteiger partial charge in [0.15, 0.2) is 5.75 Å². The SMILES string of the molecule is CCN(C(=O)Oc1c(N2CC3(CNC3)C2)cc(C(F)(F)F)cc1C(F)(F)F)c1ccc(F)cc1. The Bertz CT molecular complexity index is 1070. The van der Waals surface area contributed by atoms with Crippen LogP contribution in [0.4, 0.5) is 46.9 Å². The molecule has 0 radical (unpaired) electrons. The highest BCUT2D eigenvalue weighted by Gasteiger charge is 2.50. The highest BCUT2D eigenvalue weighted by molar-refractivity contribution is 5.90. The number of rotatable bonds is 4. The Kier molecular flexibility index (Phi) is 5.91. The van der Waals surface area contributed by atoms with E-state index < -0.39 is 46.8 Å². The second-order valence-corrected chi connectivity index (χ2v) is 8.42. The summed E-state index contributed by atoms with van der Waals surface area (Å²) in [7, 11) is 0. The third-order valence-electron chi connectivity index (χ3n) is 5.96. The smallest absolute Gasteiger partial charge is 0.407 e. The van der Waals surface area contributed by atoms with Crippen LogP contribution in [0.25, 0.3) is 0 Å². The molecular formula is C22H20F7N3O2. The Balaban J connectivity index is 1.76. The van der Waals surface area contributed by atoms with Crippen molar-refractivity contribution in [2.24, 2.45) is 5.41 Å². The molecule has 0 saturated carbocycles. The number of nitrogens with one attached hydrogen (secondary N) is 1. The van der Waals surface area contributed by atoms with Gasteiger partial charge in [0, 0.05) is 43.8 Å². The van der Waals surface area contributed by atoms with Crippen LogP contribution < -0.4 is 19.9 Å². The average molecular weight is 491 g/mol. The minimum Gasteiger partial charge on any atom is -0.407 e. The fourth-order valence-electron chi connectivity index (χ4n) is 4.15. The quantitative estimate of drug-likeness (QED) is 0.590. The van der Waals surface area contributed by atoms with Gasteiger partial charge in [-0.25, -0.2) is 9.18 Å². The van der Waals surface area contributed by atoms with E-state index in [2.05, 4.69) is 5.32 Å². The van der Waals surface area contributed by atoms with Gasteiger partial charge in [0.2, 0.25) is 0 Å². The lowest BCUT2D eigenvalue weighted by atomic mass is 9.74. The molecule has 2 aromatic rings. The number of hydrogen-bond donors (Lipinski definition) is 1. The zero-order valence-corrected chi connectivity index (χ0v) is 17.9. The molecular weight excluding hydrogens is 471 g/mol. The normalized spacial score (nSPS) is 17.2. The minimum atomic E-state index is -5.22. The van der Waals surface area contributed by atoms with Crippen molar-refractivity contribution >= 4 is 17.5 Å². The van der Waals surface area contributed by atoms with E-state index >= 15 is 0 Å². The number of halogens is 7. The first-order chi connectivity index (χ1) is 15.8. The Morgan fingerprint density at radius 1 is 1.06 bits per heavy atom. The summed E-state index contributed by atoms with van der Waals surface area (Å²) >= 11 is 0. The van der Waals surface area contributed by atoms with E-state index in [9.17, 15) is 35.5 Å². The molecule has 2 aliphatic rings. The van der Waals surface area contributed by atoms with E-state index in [1.165, 1.54) is 24.0 Å². The molecule has 0 atom stereocenters. The number of hydrogen-bond acceptors (Lipinski definition) is 4. The molecule has 2 heterocycles. The van der Waals surface area contributed by atoms with Crippen molar-refractivity contribution in [3.63, 3.8) is 0 Å². The summed E-state index contributed by atoms with van der Waals surface area (Å²) in [4.78, 5) is 15.2. The summed E-state index contributed by atoms with van der Waals surface area (Å²) < 4.78 is 100. The fraction of sp³-hybridized carbons (Fsp3) is 0.409. The van der Waals surface area contributed by atoms with Crippen LogP contribution in [-0.4, -0.2) is 38.8 Å². The topological polar surface area (TPSA) is 44.8 Å². The molecule has 0 aromatic heterocycles. The number of alkyl halides is 6. The molecule has 184 valence electrons. The van der Waals surface area contributed by atoms with Gasteiger partial charge < -0.3 is 15.0 Å². The molecule has 1 N–H and O–H groups in total. The summed E-state index contributed by atoms with van der Waals surface area (Å²) in [6.45, 7) is 3.11. The van der Waals surface area contributed by atoms with Gasteiger partial charge in [-0.3, -0.25) is 4.90 Å². The number of ether oxygens (including phenoxy) is 1. The molecule has 12 heteroatoms. The third-order valence-corrected chi connectivity index (χ3v) is 5.96. The molecule has 4 rings (SSSR count). The molecule has 34 heavy (non-hydrogen) atoms. The van der Waals surface area contributed by atoms with Gasteiger partial charge in [-0.1, -0.05) is 0 Å².